The highest BCUT2D eigenvalue weighted by molar-refractivity contribution is 7.98. The van der Waals surface area contributed by atoms with Crippen LogP contribution >= 0.6 is 11.8 Å². The van der Waals surface area contributed by atoms with Crippen LogP contribution in [0.5, 0.6) is 0 Å². The third-order valence-corrected chi connectivity index (χ3v) is 6.75. The average molecular weight is 363 g/mol. The van der Waals surface area contributed by atoms with E-state index in [-0.39, 0.29) is 0 Å². The number of aromatic nitrogens is 2. The average Bonchev–Trinajstić information content (AvgIpc) is 3.36. The number of hydrogen-bond donors (Lipinski definition) is 0. The molecular weight excluding hydrogens is 332 g/mol. The van der Waals surface area contributed by atoms with Crippen LogP contribution in [0.15, 0.2) is 17.3 Å². The molecule has 2 heterocycles. The van der Waals surface area contributed by atoms with Crippen molar-refractivity contribution in [3.8, 4) is 0 Å². The molecule has 2 aliphatic carbocycles. The van der Waals surface area contributed by atoms with Crippen molar-refractivity contribution in [3.05, 3.63) is 12.3 Å². The van der Waals surface area contributed by atoms with Gasteiger partial charge in [-0.1, -0.05) is 0 Å². The fourth-order valence-electron chi connectivity index (χ4n) is 4.42. The molecule has 3 aliphatic rings. The van der Waals surface area contributed by atoms with Gasteiger partial charge in [0.25, 0.3) is 0 Å². The van der Waals surface area contributed by atoms with E-state index in [2.05, 4.69) is 35.1 Å². The van der Waals surface area contributed by atoms with Crippen molar-refractivity contribution in [1.82, 2.24) is 14.9 Å². The van der Waals surface area contributed by atoms with E-state index >= 15 is 0 Å². The van der Waals surface area contributed by atoms with E-state index in [1.807, 2.05) is 12.3 Å². The van der Waals surface area contributed by atoms with Crippen molar-refractivity contribution in [2.45, 2.75) is 42.9 Å². The molecule has 3 fully saturated rings. The Kier molecular flexibility index (Phi) is 5.20. The molecule has 0 unspecified atom stereocenters. The van der Waals surface area contributed by atoms with Gasteiger partial charge in [-0.3, -0.25) is 0 Å². The van der Waals surface area contributed by atoms with Crippen molar-refractivity contribution in [2.75, 3.05) is 44.9 Å². The summed E-state index contributed by atoms with van der Waals surface area (Å²) < 4.78 is 6.37. The lowest BCUT2D eigenvalue weighted by molar-refractivity contribution is -0.0493. The van der Waals surface area contributed by atoms with Gasteiger partial charge in [-0.05, 0) is 69.9 Å². The predicted molar refractivity (Wildman–Crippen MR) is 102 cm³/mol. The molecule has 0 amide bonds. The number of anilines is 1. The molecule has 6 heteroatoms. The Balaban J connectivity index is 1.44. The minimum atomic E-state index is 0.384. The lowest BCUT2D eigenvalue weighted by atomic mass is 9.77. The summed E-state index contributed by atoms with van der Waals surface area (Å²) in [6.07, 6.45) is 9.48. The summed E-state index contributed by atoms with van der Waals surface area (Å²) in [6, 6.07) is 2.53. The highest BCUT2D eigenvalue weighted by Crippen LogP contribution is 2.40. The van der Waals surface area contributed by atoms with Gasteiger partial charge < -0.3 is 14.5 Å². The Morgan fingerprint density at radius 3 is 2.68 bits per heavy atom. The van der Waals surface area contributed by atoms with Crippen molar-refractivity contribution in [2.24, 2.45) is 17.8 Å². The van der Waals surface area contributed by atoms with Gasteiger partial charge in [-0.15, -0.1) is 11.8 Å². The van der Waals surface area contributed by atoms with E-state index in [1.165, 1.54) is 25.7 Å². The SMILES string of the molecule is CSc1ccnc(N2C[C@H]3C[C@@H](N(C)C)[C@H](OCC4CC4)C[C@H]3C2)n1. The van der Waals surface area contributed by atoms with Crippen LogP contribution in [-0.4, -0.2) is 67.1 Å². The normalized spacial score (nSPS) is 32.2. The van der Waals surface area contributed by atoms with Crippen LogP contribution < -0.4 is 4.90 Å². The van der Waals surface area contributed by atoms with Crippen LogP contribution in [0.2, 0.25) is 0 Å². The molecule has 1 aliphatic heterocycles. The van der Waals surface area contributed by atoms with Crippen LogP contribution in [0, 0.1) is 17.8 Å². The largest absolute Gasteiger partial charge is 0.376 e. The van der Waals surface area contributed by atoms with E-state index < -0.39 is 0 Å². The maximum Gasteiger partial charge on any atom is 0.226 e. The first-order valence-corrected chi connectivity index (χ1v) is 10.8. The minimum absolute atomic E-state index is 0.384. The number of rotatable bonds is 6. The van der Waals surface area contributed by atoms with Crippen molar-refractivity contribution in [1.29, 1.82) is 0 Å². The maximum absolute atomic E-state index is 6.37. The molecule has 1 aromatic rings. The van der Waals surface area contributed by atoms with E-state index in [0.717, 1.165) is 42.5 Å². The molecule has 4 rings (SSSR count). The van der Waals surface area contributed by atoms with Crippen molar-refractivity contribution < 1.29 is 4.74 Å². The van der Waals surface area contributed by atoms with Gasteiger partial charge in [0.05, 0.1) is 6.10 Å². The maximum atomic E-state index is 6.37. The summed E-state index contributed by atoms with van der Waals surface area (Å²) in [5.74, 6) is 3.18. The monoisotopic (exact) mass is 362 g/mol. The Morgan fingerprint density at radius 2 is 2.00 bits per heavy atom. The van der Waals surface area contributed by atoms with E-state index in [0.29, 0.717) is 18.1 Å². The molecule has 0 aromatic carbocycles. The summed E-state index contributed by atoms with van der Waals surface area (Å²) >= 11 is 1.68. The Bertz CT molecular complexity index is 595. The van der Waals surface area contributed by atoms with Gasteiger partial charge in [0.2, 0.25) is 5.95 Å². The third-order valence-electron chi connectivity index (χ3n) is 6.10. The first kappa shape index (κ1) is 17.6. The summed E-state index contributed by atoms with van der Waals surface area (Å²) in [7, 11) is 4.41. The molecule has 5 nitrogen and oxygen atoms in total. The molecule has 0 N–H and O–H groups in total. The highest BCUT2D eigenvalue weighted by Gasteiger charge is 2.44. The number of thioether (sulfide) groups is 1. The van der Waals surface area contributed by atoms with Gasteiger partial charge >= 0.3 is 0 Å². The number of nitrogens with zero attached hydrogens (tertiary/aromatic N) is 4. The fraction of sp³-hybridized carbons (Fsp3) is 0.789. The second kappa shape index (κ2) is 7.41. The van der Waals surface area contributed by atoms with Gasteiger partial charge in [-0.2, -0.15) is 0 Å². The van der Waals surface area contributed by atoms with Crippen LogP contribution in [0.25, 0.3) is 0 Å². The third kappa shape index (κ3) is 3.96. The van der Waals surface area contributed by atoms with Crippen LogP contribution in [-0.2, 0) is 4.74 Å². The predicted octanol–water partition coefficient (Wildman–Crippen LogP) is 2.77. The quantitative estimate of drug-likeness (QED) is 0.573. The smallest absolute Gasteiger partial charge is 0.226 e. The molecule has 25 heavy (non-hydrogen) atoms. The number of likely N-dealkylation sites (N-methyl/N-ethyl adjacent to an activating group) is 1. The zero-order valence-electron chi connectivity index (χ0n) is 15.6. The molecule has 0 radical (unpaired) electrons. The van der Waals surface area contributed by atoms with Gasteiger partial charge in [-0.25, -0.2) is 9.97 Å². The fourth-order valence-corrected chi connectivity index (χ4v) is 4.79. The summed E-state index contributed by atoms with van der Waals surface area (Å²) in [6.45, 7) is 3.13. The van der Waals surface area contributed by atoms with E-state index in [1.54, 1.807) is 11.8 Å². The number of ether oxygens (including phenoxy) is 1. The van der Waals surface area contributed by atoms with Gasteiger partial charge in [0.1, 0.15) is 5.03 Å². The molecule has 1 saturated heterocycles. The van der Waals surface area contributed by atoms with E-state index in [4.69, 9.17) is 9.72 Å². The lowest BCUT2D eigenvalue weighted by Gasteiger charge is -2.41. The van der Waals surface area contributed by atoms with Gasteiger partial charge in [0, 0.05) is 31.9 Å². The molecule has 0 spiro atoms. The zero-order chi connectivity index (χ0) is 17.4. The standard InChI is InChI=1S/C19H30N4OS/c1-22(2)16-8-14-10-23(19-20-7-6-18(21-19)25-3)11-15(14)9-17(16)24-12-13-4-5-13/h6-7,13-17H,4-5,8-12H2,1-3H3/t14-,15+,16-,17-/m1/s1. The molecular formula is C19H30N4OS. The topological polar surface area (TPSA) is 41.5 Å². The minimum Gasteiger partial charge on any atom is -0.376 e. The molecule has 4 atom stereocenters. The van der Waals surface area contributed by atoms with Gasteiger partial charge in [0.15, 0.2) is 0 Å². The molecule has 138 valence electrons. The summed E-state index contributed by atoms with van der Waals surface area (Å²) in [5.41, 5.74) is 0. The van der Waals surface area contributed by atoms with Crippen molar-refractivity contribution in [3.63, 3.8) is 0 Å². The molecule has 1 aromatic heterocycles. The second-order valence-electron chi connectivity index (χ2n) is 8.14. The van der Waals surface area contributed by atoms with Crippen molar-refractivity contribution >= 4 is 17.7 Å². The molecule has 2 saturated carbocycles. The number of fused-ring (bicyclic) bond motifs is 1. The van der Waals surface area contributed by atoms with Crippen LogP contribution in [0.4, 0.5) is 5.95 Å². The summed E-state index contributed by atoms with van der Waals surface area (Å²) in [4.78, 5) is 14.0. The van der Waals surface area contributed by atoms with Crippen LogP contribution in [0.3, 0.4) is 0 Å². The first-order chi connectivity index (χ1) is 12.1. The molecule has 0 bridgehead atoms. The van der Waals surface area contributed by atoms with E-state index in [9.17, 15) is 0 Å². The second-order valence-corrected chi connectivity index (χ2v) is 8.97. The zero-order valence-corrected chi connectivity index (χ0v) is 16.4. The van der Waals surface area contributed by atoms with Crippen LogP contribution in [0.1, 0.15) is 25.7 Å². The lowest BCUT2D eigenvalue weighted by Crippen LogP contribution is -2.48. The summed E-state index contributed by atoms with van der Waals surface area (Å²) in [5, 5.41) is 1.05. The Hall–Kier alpha value is -0.850. The number of hydrogen-bond acceptors (Lipinski definition) is 6. The Labute approximate surface area is 155 Å². The highest BCUT2D eigenvalue weighted by atomic mass is 32.2. The first-order valence-electron chi connectivity index (χ1n) is 9.54. The Morgan fingerprint density at radius 1 is 1.24 bits per heavy atom.